The lowest BCUT2D eigenvalue weighted by molar-refractivity contribution is 0.0910. The molecule has 0 bridgehead atoms. The highest BCUT2D eigenvalue weighted by Gasteiger charge is 2.30. The number of ether oxygens (including phenoxy) is 2. The molecule has 3 atom stereocenters. The zero-order valence-electron chi connectivity index (χ0n) is 23.2. The minimum absolute atomic E-state index is 0.0608. The normalized spacial score (nSPS) is 20.4. The fraction of sp³-hybridized carbons (Fsp3) is 0.323. The Hall–Kier alpha value is -4.35. The number of halogens is 2. The van der Waals surface area contributed by atoms with Crippen molar-refractivity contribution in [3.63, 3.8) is 0 Å². The first-order chi connectivity index (χ1) is 21.0. The minimum atomic E-state index is -0.357. The van der Waals surface area contributed by atoms with E-state index in [1.807, 2.05) is 6.07 Å². The van der Waals surface area contributed by atoms with Gasteiger partial charge in [-0.3, -0.25) is 14.9 Å². The van der Waals surface area contributed by atoms with Crippen molar-refractivity contribution in [3.05, 3.63) is 77.5 Å². The van der Waals surface area contributed by atoms with Gasteiger partial charge in [-0.2, -0.15) is 5.10 Å². The molecule has 1 amide bonds. The number of carbonyl (C=O) groups excluding carboxylic acids is 1. The van der Waals surface area contributed by atoms with E-state index in [9.17, 15) is 4.79 Å². The molecule has 10 nitrogen and oxygen atoms in total. The molecule has 2 aromatic carbocycles. The van der Waals surface area contributed by atoms with Crippen LogP contribution in [0.25, 0.3) is 33.9 Å². The Morgan fingerprint density at radius 1 is 1.14 bits per heavy atom. The summed E-state index contributed by atoms with van der Waals surface area (Å²) in [5, 5.41) is 10.5. The lowest BCUT2D eigenvalue weighted by Gasteiger charge is -2.32. The molecule has 1 aliphatic carbocycles. The fourth-order valence-corrected chi connectivity index (χ4v) is 6.19. The fourth-order valence-electron chi connectivity index (χ4n) is 6.02. The smallest absolute Gasteiger partial charge is 0.255 e. The number of aromatic amines is 1. The molecule has 2 aliphatic rings. The van der Waals surface area contributed by atoms with Crippen LogP contribution in [0.15, 0.2) is 61.1 Å². The van der Waals surface area contributed by atoms with Gasteiger partial charge in [0.05, 0.1) is 36.1 Å². The molecular weight excluding hydrogens is 573 g/mol. The predicted octanol–water partition coefficient (Wildman–Crippen LogP) is 5.76. The Bertz CT molecular complexity index is 1770. The van der Waals surface area contributed by atoms with Crippen LogP contribution in [-0.2, 0) is 4.74 Å². The summed E-state index contributed by atoms with van der Waals surface area (Å²) in [6, 6.07) is 13.4. The van der Waals surface area contributed by atoms with Crippen LogP contribution >= 0.6 is 11.6 Å². The molecule has 0 spiro atoms. The Kier molecular flexibility index (Phi) is 7.50. The number of hydrogen-bond acceptors (Lipinski definition) is 7. The van der Waals surface area contributed by atoms with Gasteiger partial charge in [-0.05, 0) is 62.1 Å². The number of pyridine rings is 1. The van der Waals surface area contributed by atoms with Gasteiger partial charge in [0.25, 0.3) is 5.91 Å². The summed E-state index contributed by atoms with van der Waals surface area (Å²) < 4.78 is 28.8. The molecule has 12 heteroatoms. The second kappa shape index (κ2) is 11.7. The van der Waals surface area contributed by atoms with Crippen molar-refractivity contribution in [3.8, 4) is 28.7 Å². The SMILES string of the molecule is O=C(NC1CCCC(n2c(-c3ccccc3F)nc3cnc(-c4ncn[nH]4)cc32)C1)c1cc(Cl)ccc1OC1CCOC1. The Labute approximate surface area is 251 Å². The number of hydrogen-bond donors (Lipinski definition) is 2. The third-order valence-corrected chi connectivity index (χ3v) is 8.30. The second-order valence-electron chi connectivity index (χ2n) is 10.9. The summed E-state index contributed by atoms with van der Waals surface area (Å²) in [5.41, 5.74) is 2.85. The molecular formula is C31H29ClFN7O3. The molecule has 7 rings (SSSR count). The largest absolute Gasteiger partial charge is 0.487 e. The van der Waals surface area contributed by atoms with E-state index in [1.54, 1.807) is 42.6 Å². The van der Waals surface area contributed by atoms with Crippen LogP contribution in [0.4, 0.5) is 4.39 Å². The molecule has 4 heterocycles. The summed E-state index contributed by atoms with van der Waals surface area (Å²) in [6.45, 7) is 1.13. The number of carbonyl (C=O) groups is 1. The number of fused-ring (bicyclic) bond motifs is 1. The molecule has 3 aromatic heterocycles. The molecule has 1 saturated heterocycles. The van der Waals surface area contributed by atoms with Crippen molar-refractivity contribution in [1.29, 1.82) is 0 Å². The Morgan fingerprint density at radius 3 is 2.86 bits per heavy atom. The maximum absolute atomic E-state index is 15.1. The summed E-state index contributed by atoms with van der Waals surface area (Å²) in [7, 11) is 0. The summed E-state index contributed by atoms with van der Waals surface area (Å²) in [4.78, 5) is 27.2. The van der Waals surface area contributed by atoms with Gasteiger partial charge in [-0.15, -0.1) is 0 Å². The monoisotopic (exact) mass is 601 g/mol. The highest BCUT2D eigenvalue weighted by molar-refractivity contribution is 6.31. The third kappa shape index (κ3) is 5.57. The van der Waals surface area contributed by atoms with E-state index in [1.165, 1.54) is 12.4 Å². The van der Waals surface area contributed by atoms with Crippen LogP contribution in [0, 0.1) is 5.82 Å². The summed E-state index contributed by atoms with van der Waals surface area (Å²) >= 11 is 6.29. The number of H-pyrrole nitrogens is 1. The number of rotatable bonds is 7. The maximum atomic E-state index is 15.1. The molecule has 43 heavy (non-hydrogen) atoms. The zero-order valence-corrected chi connectivity index (χ0v) is 23.9. The van der Waals surface area contributed by atoms with E-state index in [2.05, 4.69) is 30.0 Å². The van der Waals surface area contributed by atoms with Gasteiger partial charge in [0.2, 0.25) is 0 Å². The lowest BCUT2D eigenvalue weighted by Crippen LogP contribution is -2.39. The van der Waals surface area contributed by atoms with Crippen LogP contribution in [0.5, 0.6) is 5.75 Å². The highest BCUT2D eigenvalue weighted by Crippen LogP contribution is 2.38. The van der Waals surface area contributed by atoms with E-state index < -0.39 is 0 Å². The van der Waals surface area contributed by atoms with Crippen molar-refractivity contribution in [1.82, 2.24) is 35.0 Å². The first-order valence-corrected chi connectivity index (χ1v) is 14.7. The van der Waals surface area contributed by atoms with Crippen molar-refractivity contribution >= 4 is 28.5 Å². The average molecular weight is 602 g/mol. The first kappa shape index (κ1) is 27.5. The number of benzene rings is 2. The van der Waals surface area contributed by atoms with E-state index in [0.29, 0.717) is 64.4 Å². The molecule has 1 saturated carbocycles. The lowest BCUT2D eigenvalue weighted by atomic mass is 9.90. The summed E-state index contributed by atoms with van der Waals surface area (Å²) in [5.74, 6) is 0.929. The maximum Gasteiger partial charge on any atom is 0.255 e. The second-order valence-corrected chi connectivity index (χ2v) is 11.3. The first-order valence-electron chi connectivity index (χ1n) is 14.4. The molecule has 0 radical (unpaired) electrons. The van der Waals surface area contributed by atoms with Crippen LogP contribution < -0.4 is 10.1 Å². The van der Waals surface area contributed by atoms with Gasteiger partial charge >= 0.3 is 0 Å². The average Bonchev–Trinajstić information content (AvgIpc) is 3.80. The van der Waals surface area contributed by atoms with Crippen LogP contribution in [0.3, 0.4) is 0 Å². The van der Waals surface area contributed by atoms with E-state index in [4.69, 9.17) is 26.1 Å². The molecule has 3 unspecified atom stereocenters. The number of nitrogens with zero attached hydrogens (tertiary/aromatic N) is 5. The van der Waals surface area contributed by atoms with Gasteiger partial charge in [-0.25, -0.2) is 14.4 Å². The van der Waals surface area contributed by atoms with E-state index >= 15 is 4.39 Å². The molecule has 2 fully saturated rings. The van der Waals surface area contributed by atoms with Gasteiger partial charge in [-0.1, -0.05) is 23.7 Å². The van der Waals surface area contributed by atoms with Gasteiger partial charge in [0.15, 0.2) is 5.82 Å². The minimum Gasteiger partial charge on any atom is -0.487 e. The Morgan fingerprint density at radius 2 is 2.05 bits per heavy atom. The van der Waals surface area contributed by atoms with Crippen molar-refractivity contribution < 1.29 is 18.7 Å². The van der Waals surface area contributed by atoms with Gasteiger partial charge in [0, 0.05) is 23.5 Å². The number of imidazole rings is 1. The molecule has 5 aromatic rings. The quantitative estimate of drug-likeness (QED) is 0.243. The van der Waals surface area contributed by atoms with Gasteiger partial charge < -0.3 is 19.4 Å². The molecule has 220 valence electrons. The summed E-state index contributed by atoms with van der Waals surface area (Å²) in [6.07, 6.45) is 6.91. The van der Waals surface area contributed by atoms with E-state index in [0.717, 1.165) is 31.2 Å². The Balaban J connectivity index is 1.21. The zero-order chi connectivity index (χ0) is 29.3. The number of aromatic nitrogens is 6. The topological polar surface area (TPSA) is 120 Å². The van der Waals surface area contributed by atoms with Crippen LogP contribution in [-0.4, -0.2) is 61.0 Å². The predicted molar refractivity (Wildman–Crippen MR) is 158 cm³/mol. The van der Waals surface area contributed by atoms with E-state index in [-0.39, 0.29) is 29.9 Å². The molecule has 2 N–H and O–H groups in total. The van der Waals surface area contributed by atoms with Crippen molar-refractivity contribution in [2.24, 2.45) is 0 Å². The standard InChI is InChI=1S/C31H29ClFN7O3/c32-18-8-9-28(43-21-10-11-42-16-21)23(12-18)31(41)37-19-4-3-5-20(13-19)40-27-14-25(29-35-17-36-39-29)34-15-26(27)38-30(40)22-6-1-2-7-24(22)33/h1-2,6-9,12,14-15,17,19-21H,3-5,10-11,13,16H2,(H,37,41)(H,35,36,39). The number of nitrogens with one attached hydrogen (secondary N) is 2. The van der Waals surface area contributed by atoms with Crippen molar-refractivity contribution in [2.75, 3.05) is 13.2 Å². The highest BCUT2D eigenvalue weighted by atomic mass is 35.5. The molecule has 1 aliphatic heterocycles. The van der Waals surface area contributed by atoms with Crippen LogP contribution in [0.1, 0.15) is 48.5 Å². The van der Waals surface area contributed by atoms with Crippen molar-refractivity contribution in [2.45, 2.75) is 50.3 Å². The number of amides is 1. The van der Waals surface area contributed by atoms with Gasteiger partial charge in [0.1, 0.15) is 41.0 Å². The third-order valence-electron chi connectivity index (χ3n) is 8.06. The van der Waals surface area contributed by atoms with Crippen LogP contribution in [0.2, 0.25) is 5.02 Å².